The molecule has 9 heteroatoms. The zero-order chi connectivity index (χ0) is 19.3. The lowest BCUT2D eigenvalue weighted by Gasteiger charge is -2.08. The van der Waals surface area contributed by atoms with E-state index in [9.17, 15) is 27.6 Å². The van der Waals surface area contributed by atoms with E-state index < -0.39 is 36.1 Å². The van der Waals surface area contributed by atoms with Crippen LogP contribution in [0.5, 0.6) is 0 Å². The SMILES string of the molecule is Cn1cccc1C(=O)NC(=O)COC(=O)Cc1ccc(C(F)(F)F)cc1. The van der Waals surface area contributed by atoms with E-state index in [1.165, 1.54) is 10.6 Å². The van der Waals surface area contributed by atoms with Gasteiger partial charge in [-0.1, -0.05) is 12.1 Å². The molecule has 0 saturated heterocycles. The molecule has 0 atom stereocenters. The fraction of sp³-hybridized carbons (Fsp3) is 0.235. The Balaban J connectivity index is 1.80. The van der Waals surface area contributed by atoms with Crippen LogP contribution in [0.4, 0.5) is 13.2 Å². The highest BCUT2D eigenvalue weighted by atomic mass is 19.4. The molecule has 1 heterocycles. The first-order valence-corrected chi connectivity index (χ1v) is 7.44. The Labute approximate surface area is 146 Å². The normalized spacial score (nSPS) is 11.1. The van der Waals surface area contributed by atoms with Crippen LogP contribution in [-0.4, -0.2) is 29.0 Å². The Kier molecular flexibility index (Phi) is 5.81. The van der Waals surface area contributed by atoms with Crippen LogP contribution in [0.3, 0.4) is 0 Å². The van der Waals surface area contributed by atoms with Gasteiger partial charge in [-0.3, -0.25) is 19.7 Å². The van der Waals surface area contributed by atoms with E-state index in [0.29, 0.717) is 5.56 Å². The molecule has 2 rings (SSSR count). The van der Waals surface area contributed by atoms with Gasteiger partial charge >= 0.3 is 12.1 Å². The predicted octanol–water partition coefficient (Wildman–Crippen LogP) is 2.09. The van der Waals surface area contributed by atoms with Crippen LogP contribution in [0, 0.1) is 0 Å². The summed E-state index contributed by atoms with van der Waals surface area (Å²) in [4.78, 5) is 35.1. The van der Waals surface area contributed by atoms with E-state index in [2.05, 4.69) is 5.32 Å². The molecule has 0 spiro atoms. The van der Waals surface area contributed by atoms with Crippen molar-refractivity contribution in [3.63, 3.8) is 0 Å². The minimum absolute atomic E-state index is 0.259. The second-order valence-corrected chi connectivity index (χ2v) is 5.41. The number of carbonyl (C=O) groups excluding carboxylic acids is 3. The molecule has 1 N–H and O–H groups in total. The average molecular weight is 368 g/mol. The van der Waals surface area contributed by atoms with Crippen LogP contribution in [0.25, 0.3) is 0 Å². The number of rotatable bonds is 5. The van der Waals surface area contributed by atoms with Crippen molar-refractivity contribution >= 4 is 17.8 Å². The first-order valence-electron chi connectivity index (χ1n) is 7.44. The molecule has 138 valence electrons. The number of ether oxygens (including phenoxy) is 1. The molecule has 0 aliphatic carbocycles. The van der Waals surface area contributed by atoms with Gasteiger partial charge in [0.05, 0.1) is 12.0 Å². The first kappa shape index (κ1) is 19.2. The van der Waals surface area contributed by atoms with Crippen molar-refractivity contribution in [1.29, 1.82) is 0 Å². The lowest BCUT2D eigenvalue weighted by atomic mass is 10.1. The first-order chi connectivity index (χ1) is 12.2. The summed E-state index contributed by atoms with van der Waals surface area (Å²) < 4.78 is 43.6. The van der Waals surface area contributed by atoms with Gasteiger partial charge in [0.25, 0.3) is 11.8 Å². The van der Waals surface area contributed by atoms with Gasteiger partial charge in [0.15, 0.2) is 6.61 Å². The summed E-state index contributed by atoms with van der Waals surface area (Å²) in [6, 6.07) is 7.16. The van der Waals surface area contributed by atoms with Crippen molar-refractivity contribution < 1.29 is 32.3 Å². The van der Waals surface area contributed by atoms with Gasteiger partial charge in [0.1, 0.15) is 5.69 Å². The summed E-state index contributed by atoms with van der Waals surface area (Å²) in [5.74, 6) is -2.25. The molecule has 6 nitrogen and oxygen atoms in total. The average Bonchev–Trinajstić information content (AvgIpc) is 2.99. The topological polar surface area (TPSA) is 77.4 Å². The largest absolute Gasteiger partial charge is 0.455 e. The molecule has 0 radical (unpaired) electrons. The number of halogens is 3. The van der Waals surface area contributed by atoms with Crippen molar-refractivity contribution in [3.05, 3.63) is 59.4 Å². The third-order valence-corrected chi connectivity index (χ3v) is 3.42. The second-order valence-electron chi connectivity index (χ2n) is 5.41. The summed E-state index contributed by atoms with van der Waals surface area (Å²) in [7, 11) is 1.63. The Hall–Kier alpha value is -3.10. The summed E-state index contributed by atoms with van der Waals surface area (Å²) in [5, 5.41) is 2.07. The number of amides is 2. The Morgan fingerprint density at radius 2 is 1.77 bits per heavy atom. The molecular formula is C17H15F3N2O4. The van der Waals surface area contributed by atoms with Crippen LogP contribution in [0.1, 0.15) is 21.6 Å². The molecule has 1 aromatic heterocycles. The highest BCUT2D eigenvalue weighted by Gasteiger charge is 2.30. The number of esters is 1. The van der Waals surface area contributed by atoms with Gasteiger partial charge in [-0.2, -0.15) is 13.2 Å². The van der Waals surface area contributed by atoms with E-state index >= 15 is 0 Å². The summed E-state index contributed by atoms with van der Waals surface area (Å²) in [5.41, 5.74) is -0.258. The highest BCUT2D eigenvalue weighted by Crippen LogP contribution is 2.29. The number of hydrogen-bond donors (Lipinski definition) is 1. The summed E-state index contributed by atoms with van der Waals surface area (Å²) in [6.07, 6.45) is -3.12. The van der Waals surface area contributed by atoms with Crippen molar-refractivity contribution in [2.24, 2.45) is 7.05 Å². The maximum Gasteiger partial charge on any atom is 0.416 e. The third kappa shape index (κ3) is 5.20. The number of aryl methyl sites for hydroxylation is 1. The minimum Gasteiger partial charge on any atom is -0.455 e. The number of imide groups is 1. The lowest BCUT2D eigenvalue weighted by molar-refractivity contribution is -0.147. The van der Waals surface area contributed by atoms with Crippen LogP contribution < -0.4 is 5.32 Å². The maximum atomic E-state index is 12.5. The Morgan fingerprint density at radius 3 is 2.31 bits per heavy atom. The number of benzene rings is 1. The monoisotopic (exact) mass is 368 g/mol. The quantitative estimate of drug-likeness (QED) is 0.820. The molecule has 0 aliphatic heterocycles. The van der Waals surface area contributed by atoms with Gasteiger partial charge in [-0.05, 0) is 29.8 Å². The van der Waals surface area contributed by atoms with E-state index in [0.717, 1.165) is 24.3 Å². The van der Waals surface area contributed by atoms with Gasteiger partial charge in [0, 0.05) is 13.2 Å². The van der Waals surface area contributed by atoms with Gasteiger partial charge in [0.2, 0.25) is 0 Å². The zero-order valence-electron chi connectivity index (χ0n) is 13.7. The molecule has 0 bridgehead atoms. The van der Waals surface area contributed by atoms with E-state index in [1.54, 1.807) is 19.3 Å². The molecule has 1 aromatic carbocycles. The van der Waals surface area contributed by atoms with Crippen LogP contribution >= 0.6 is 0 Å². The van der Waals surface area contributed by atoms with Crippen molar-refractivity contribution in [3.8, 4) is 0 Å². The molecule has 2 amide bonds. The smallest absolute Gasteiger partial charge is 0.416 e. The van der Waals surface area contributed by atoms with E-state index in [1.807, 2.05) is 0 Å². The fourth-order valence-corrected chi connectivity index (χ4v) is 2.10. The summed E-state index contributed by atoms with van der Waals surface area (Å²) in [6.45, 7) is -0.671. The Morgan fingerprint density at radius 1 is 1.12 bits per heavy atom. The third-order valence-electron chi connectivity index (χ3n) is 3.42. The van der Waals surface area contributed by atoms with Crippen molar-refractivity contribution in [1.82, 2.24) is 9.88 Å². The molecule has 0 aliphatic rings. The minimum atomic E-state index is -4.46. The number of alkyl halides is 3. The molecule has 2 aromatic rings. The molecule has 0 saturated carbocycles. The highest BCUT2D eigenvalue weighted by molar-refractivity contribution is 6.04. The summed E-state index contributed by atoms with van der Waals surface area (Å²) >= 11 is 0. The van der Waals surface area contributed by atoms with Crippen LogP contribution in [0.15, 0.2) is 42.6 Å². The molecule has 0 unspecified atom stereocenters. The van der Waals surface area contributed by atoms with E-state index in [4.69, 9.17) is 4.74 Å². The van der Waals surface area contributed by atoms with Gasteiger partial charge in [-0.15, -0.1) is 0 Å². The van der Waals surface area contributed by atoms with Crippen LogP contribution in [-0.2, 0) is 34.0 Å². The number of carbonyl (C=O) groups is 3. The van der Waals surface area contributed by atoms with Crippen molar-refractivity contribution in [2.75, 3.05) is 6.61 Å². The van der Waals surface area contributed by atoms with Gasteiger partial charge < -0.3 is 9.30 Å². The standard InChI is InChI=1S/C17H15F3N2O4/c1-22-8-2-3-13(22)16(25)21-14(23)10-26-15(24)9-11-4-6-12(7-5-11)17(18,19)20/h2-8H,9-10H2,1H3,(H,21,23,25). The molecule has 26 heavy (non-hydrogen) atoms. The fourth-order valence-electron chi connectivity index (χ4n) is 2.10. The molecule has 0 fully saturated rings. The number of aromatic nitrogens is 1. The maximum absolute atomic E-state index is 12.5. The second kappa shape index (κ2) is 7.85. The number of hydrogen-bond acceptors (Lipinski definition) is 4. The predicted molar refractivity (Wildman–Crippen MR) is 84.0 cm³/mol. The lowest BCUT2D eigenvalue weighted by Crippen LogP contribution is -2.35. The van der Waals surface area contributed by atoms with E-state index in [-0.39, 0.29) is 12.1 Å². The number of nitrogens with zero attached hydrogens (tertiary/aromatic N) is 1. The van der Waals surface area contributed by atoms with Crippen molar-refractivity contribution in [2.45, 2.75) is 12.6 Å². The molecular weight excluding hydrogens is 353 g/mol. The zero-order valence-corrected chi connectivity index (χ0v) is 13.7. The van der Waals surface area contributed by atoms with Crippen LogP contribution in [0.2, 0.25) is 0 Å². The Bertz CT molecular complexity index is 810. The number of nitrogens with one attached hydrogen (secondary N) is 1. The van der Waals surface area contributed by atoms with Gasteiger partial charge in [-0.25, -0.2) is 0 Å².